The highest BCUT2D eigenvalue weighted by atomic mass is 16.6. The van der Waals surface area contributed by atoms with Crippen LogP contribution in [-0.4, -0.2) is 47.9 Å². The molecule has 2 saturated heterocycles. The number of ether oxygens (including phenoxy) is 3. The van der Waals surface area contributed by atoms with Crippen molar-refractivity contribution in [3.8, 4) is 0 Å². The third kappa shape index (κ3) is 8.67. The Morgan fingerprint density at radius 2 is 1.84 bits per heavy atom. The molecule has 1 aliphatic carbocycles. The summed E-state index contributed by atoms with van der Waals surface area (Å²) in [7, 11) is 0. The van der Waals surface area contributed by atoms with Crippen molar-refractivity contribution in [1.29, 1.82) is 0 Å². The second kappa shape index (κ2) is 12.4. The summed E-state index contributed by atoms with van der Waals surface area (Å²) in [6.45, 7) is 9.07. The van der Waals surface area contributed by atoms with Crippen LogP contribution in [0.1, 0.15) is 83.0 Å². The molecular formula is C32H43NO5. The summed E-state index contributed by atoms with van der Waals surface area (Å²) in [6.07, 6.45) is 16.6. The lowest BCUT2D eigenvalue weighted by Crippen LogP contribution is -2.43. The van der Waals surface area contributed by atoms with Gasteiger partial charge in [-0.3, -0.25) is 4.79 Å². The van der Waals surface area contributed by atoms with E-state index in [2.05, 4.69) is 44.3 Å². The fourth-order valence-electron chi connectivity index (χ4n) is 5.68. The van der Waals surface area contributed by atoms with E-state index in [1.165, 1.54) is 11.6 Å². The highest BCUT2D eigenvalue weighted by molar-refractivity contribution is 5.90. The number of amides is 1. The molecule has 1 amide bonds. The van der Waals surface area contributed by atoms with Crippen LogP contribution in [0.5, 0.6) is 0 Å². The largest absolute Gasteiger partial charge is 0.455 e. The van der Waals surface area contributed by atoms with Gasteiger partial charge in [0.25, 0.3) is 0 Å². The smallest absolute Gasteiger partial charge is 0.338 e. The van der Waals surface area contributed by atoms with Gasteiger partial charge in [-0.1, -0.05) is 42.0 Å². The molecule has 6 heteroatoms. The number of carbonyl (C=O) groups is 2. The Kier molecular flexibility index (Phi) is 9.27. The first kappa shape index (κ1) is 28.3. The van der Waals surface area contributed by atoms with Crippen LogP contribution in [0.3, 0.4) is 0 Å². The van der Waals surface area contributed by atoms with Gasteiger partial charge in [-0.05, 0) is 83.9 Å². The lowest BCUT2D eigenvalue weighted by Gasteiger charge is -2.38. The molecule has 3 aliphatic rings. The monoisotopic (exact) mass is 521 g/mol. The number of carbonyl (C=O) groups excluding carboxylic acids is 2. The Bertz CT molecular complexity index is 1040. The standard InChI is InChI=1S/C32H43NO5/c1-23(11-18-28-20-32(22-36-32)21-31(3,4)38-28)10-13-25-14-16-27(17-15-25)33-29(34)19-12-24(2)37-30(35)26-8-6-5-7-9-26/h5-12,18-19,24-25,27-28H,13-17,20-22H2,1-4H3,(H,33,34)/b18-11+,19-12-,23-10+/t24-,25-,27-,28+,32+/m0/s1. The first-order valence-corrected chi connectivity index (χ1v) is 14.0. The van der Waals surface area contributed by atoms with Crippen LogP contribution < -0.4 is 5.32 Å². The van der Waals surface area contributed by atoms with Gasteiger partial charge in [0.05, 0.1) is 29.5 Å². The van der Waals surface area contributed by atoms with E-state index in [-0.39, 0.29) is 29.3 Å². The zero-order valence-electron chi connectivity index (χ0n) is 23.3. The molecule has 6 nitrogen and oxygen atoms in total. The van der Waals surface area contributed by atoms with Crippen molar-refractivity contribution in [2.75, 3.05) is 6.61 Å². The Morgan fingerprint density at radius 1 is 1.13 bits per heavy atom. The molecule has 3 fully saturated rings. The Labute approximate surface area is 227 Å². The number of nitrogens with one attached hydrogen (secondary N) is 1. The van der Waals surface area contributed by atoms with Crippen molar-refractivity contribution >= 4 is 11.9 Å². The average Bonchev–Trinajstić information content (AvgIpc) is 3.62. The van der Waals surface area contributed by atoms with Gasteiger partial charge in [0.2, 0.25) is 5.91 Å². The first-order chi connectivity index (χ1) is 18.1. The molecule has 2 aliphatic heterocycles. The topological polar surface area (TPSA) is 77.2 Å². The van der Waals surface area contributed by atoms with Crippen molar-refractivity contribution in [1.82, 2.24) is 5.32 Å². The van der Waals surface area contributed by atoms with Crippen LogP contribution in [0, 0.1) is 5.92 Å². The SMILES string of the molecule is CC(/C=C/[C@@H]1C[C@]2(CO2)CC(C)(C)O1)=C\C[C@H]1CC[C@H](NC(=O)/C=C\[C@H](C)OC(=O)c2ccccc2)CC1. The molecule has 1 spiro atoms. The van der Waals surface area contributed by atoms with Gasteiger partial charge in [0.1, 0.15) is 6.10 Å². The summed E-state index contributed by atoms with van der Waals surface area (Å²) in [5.74, 6) is 0.115. The number of allylic oxidation sites excluding steroid dienone is 3. The summed E-state index contributed by atoms with van der Waals surface area (Å²) < 4.78 is 17.4. The van der Waals surface area contributed by atoms with Crippen LogP contribution >= 0.6 is 0 Å². The zero-order chi connectivity index (χ0) is 27.2. The number of hydrogen-bond donors (Lipinski definition) is 1. The number of epoxide rings is 1. The molecule has 4 rings (SSSR count). The quantitative estimate of drug-likeness (QED) is 0.184. The van der Waals surface area contributed by atoms with Crippen LogP contribution in [0.25, 0.3) is 0 Å². The highest BCUT2D eigenvalue weighted by Crippen LogP contribution is 2.46. The van der Waals surface area contributed by atoms with E-state index in [9.17, 15) is 9.59 Å². The summed E-state index contributed by atoms with van der Waals surface area (Å²) in [5, 5.41) is 3.10. The summed E-state index contributed by atoms with van der Waals surface area (Å²) in [5.41, 5.74) is 1.67. The van der Waals surface area contributed by atoms with Gasteiger partial charge in [-0.25, -0.2) is 4.79 Å². The van der Waals surface area contributed by atoms with Crippen molar-refractivity contribution in [2.24, 2.45) is 5.92 Å². The molecule has 0 unspecified atom stereocenters. The second-order valence-electron chi connectivity index (χ2n) is 11.9. The third-order valence-corrected chi connectivity index (χ3v) is 7.71. The maximum absolute atomic E-state index is 12.4. The molecule has 1 N–H and O–H groups in total. The highest BCUT2D eigenvalue weighted by Gasteiger charge is 2.53. The molecule has 3 atom stereocenters. The van der Waals surface area contributed by atoms with Crippen molar-refractivity contribution in [3.63, 3.8) is 0 Å². The molecule has 0 aromatic heterocycles. The molecular weight excluding hydrogens is 478 g/mol. The Hall–Kier alpha value is -2.70. The minimum absolute atomic E-state index is 0.0473. The molecule has 38 heavy (non-hydrogen) atoms. The molecule has 1 aromatic carbocycles. The van der Waals surface area contributed by atoms with E-state index in [0.29, 0.717) is 11.5 Å². The van der Waals surface area contributed by atoms with Crippen LogP contribution in [0.4, 0.5) is 0 Å². The van der Waals surface area contributed by atoms with Gasteiger partial charge in [-0.15, -0.1) is 0 Å². The molecule has 1 saturated carbocycles. The van der Waals surface area contributed by atoms with Gasteiger partial charge in [-0.2, -0.15) is 0 Å². The number of esters is 1. The molecule has 206 valence electrons. The van der Waals surface area contributed by atoms with E-state index in [1.807, 2.05) is 6.07 Å². The molecule has 0 radical (unpaired) electrons. The minimum atomic E-state index is -0.479. The lowest BCUT2D eigenvalue weighted by molar-refractivity contribution is -0.117. The van der Waals surface area contributed by atoms with E-state index in [4.69, 9.17) is 14.2 Å². The van der Waals surface area contributed by atoms with Crippen molar-refractivity contribution in [2.45, 2.75) is 102 Å². The predicted molar refractivity (Wildman–Crippen MR) is 149 cm³/mol. The predicted octanol–water partition coefficient (Wildman–Crippen LogP) is 6.08. The first-order valence-electron chi connectivity index (χ1n) is 14.0. The molecule has 0 bridgehead atoms. The lowest BCUT2D eigenvalue weighted by atomic mass is 9.83. The zero-order valence-corrected chi connectivity index (χ0v) is 23.3. The summed E-state index contributed by atoms with van der Waals surface area (Å²) >= 11 is 0. The minimum Gasteiger partial charge on any atom is -0.455 e. The normalized spacial score (nSPS) is 29.9. The van der Waals surface area contributed by atoms with Crippen LogP contribution in [0.2, 0.25) is 0 Å². The second-order valence-corrected chi connectivity index (χ2v) is 11.9. The summed E-state index contributed by atoms with van der Waals surface area (Å²) in [4.78, 5) is 24.5. The maximum atomic E-state index is 12.4. The fraction of sp³-hybridized carbons (Fsp3) is 0.562. The van der Waals surface area contributed by atoms with Gasteiger partial charge in [0, 0.05) is 25.0 Å². The van der Waals surface area contributed by atoms with E-state index in [1.54, 1.807) is 37.3 Å². The number of rotatable bonds is 9. The Balaban J connectivity index is 1.14. The summed E-state index contributed by atoms with van der Waals surface area (Å²) in [6, 6.07) is 9.05. The van der Waals surface area contributed by atoms with E-state index >= 15 is 0 Å². The van der Waals surface area contributed by atoms with E-state index in [0.717, 1.165) is 51.6 Å². The van der Waals surface area contributed by atoms with Gasteiger partial charge in [0.15, 0.2) is 0 Å². The Morgan fingerprint density at radius 3 is 2.53 bits per heavy atom. The van der Waals surface area contributed by atoms with Gasteiger partial charge < -0.3 is 19.5 Å². The van der Waals surface area contributed by atoms with Crippen molar-refractivity contribution in [3.05, 3.63) is 71.8 Å². The van der Waals surface area contributed by atoms with Crippen LogP contribution in [-0.2, 0) is 19.0 Å². The van der Waals surface area contributed by atoms with Crippen molar-refractivity contribution < 1.29 is 23.8 Å². The molecule has 2 heterocycles. The van der Waals surface area contributed by atoms with Gasteiger partial charge >= 0.3 is 5.97 Å². The third-order valence-electron chi connectivity index (χ3n) is 7.71. The fourth-order valence-corrected chi connectivity index (χ4v) is 5.68. The molecule has 1 aromatic rings. The average molecular weight is 522 g/mol. The van der Waals surface area contributed by atoms with Crippen LogP contribution in [0.15, 0.2) is 66.3 Å². The number of benzene rings is 1. The number of hydrogen-bond acceptors (Lipinski definition) is 5. The maximum Gasteiger partial charge on any atom is 0.338 e. The van der Waals surface area contributed by atoms with E-state index < -0.39 is 12.1 Å².